The van der Waals surface area contributed by atoms with Crippen LogP contribution in [0.1, 0.15) is 6.42 Å². The van der Waals surface area contributed by atoms with Crippen LogP contribution in [0.3, 0.4) is 0 Å². The monoisotopic (exact) mass is 383 g/mol. The van der Waals surface area contributed by atoms with Crippen LogP contribution in [0.15, 0.2) is 28.6 Å². The Hall–Kier alpha value is -1.19. The topological polar surface area (TPSA) is 47.0 Å². The molecule has 1 aromatic carbocycles. The molecule has 0 aliphatic carbocycles. The predicted octanol–water partition coefficient (Wildman–Crippen LogP) is 4.73. The number of thioether (sulfide) groups is 1. The molecule has 23 heavy (non-hydrogen) atoms. The fourth-order valence-corrected chi connectivity index (χ4v) is 3.31. The maximum Gasteiger partial charge on any atom is 0.405 e. The lowest BCUT2D eigenvalue weighted by Crippen LogP contribution is -2.21. The molecule has 4 nitrogen and oxygen atoms in total. The lowest BCUT2D eigenvalue weighted by atomic mass is 10.3. The maximum absolute atomic E-state index is 12.1. The van der Waals surface area contributed by atoms with Gasteiger partial charge in [-0.2, -0.15) is 13.2 Å². The quantitative estimate of drug-likeness (QED) is 0.527. The first-order valence-corrected chi connectivity index (χ1v) is 8.76. The van der Waals surface area contributed by atoms with Crippen molar-refractivity contribution in [3.05, 3.63) is 29.3 Å². The van der Waals surface area contributed by atoms with Crippen LogP contribution in [0, 0.1) is 0 Å². The molecule has 0 saturated heterocycles. The molecule has 0 amide bonds. The zero-order chi connectivity index (χ0) is 16.7. The molecule has 126 valence electrons. The summed E-state index contributed by atoms with van der Waals surface area (Å²) in [7, 11) is 0. The van der Waals surface area contributed by atoms with E-state index in [4.69, 9.17) is 16.3 Å². The van der Waals surface area contributed by atoms with E-state index in [2.05, 4.69) is 15.5 Å². The largest absolute Gasteiger partial charge is 0.494 e. The van der Waals surface area contributed by atoms with Crippen LogP contribution in [-0.4, -0.2) is 35.3 Å². The van der Waals surface area contributed by atoms with E-state index in [1.54, 1.807) is 24.3 Å². The fourth-order valence-electron chi connectivity index (χ4n) is 1.45. The number of nitrogens with one attached hydrogen (secondary N) is 1. The second-order valence-corrected chi connectivity index (χ2v) is 7.10. The number of hydrogen-bond acceptors (Lipinski definition) is 6. The highest BCUT2D eigenvalue weighted by Crippen LogP contribution is 2.27. The molecule has 0 fully saturated rings. The van der Waals surface area contributed by atoms with E-state index in [1.807, 2.05) is 0 Å². The fraction of sp³-hybridized carbons (Fsp3) is 0.385. The SMILES string of the molecule is FC(F)(F)CNc1nnc(SCCCOc2ccc(Cl)cc2)s1. The maximum atomic E-state index is 12.1. The van der Waals surface area contributed by atoms with Crippen molar-refractivity contribution >= 4 is 39.8 Å². The highest BCUT2D eigenvalue weighted by molar-refractivity contribution is 8.01. The molecule has 2 aromatic rings. The van der Waals surface area contributed by atoms with Crippen LogP contribution in [0.2, 0.25) is 5.02 Å². The van der Waals surface area contributed by atoms with Gasteiger partial charge in [0.2, 0.25) is 5.13 Å². The number of alkyl halides is 3. The first-order valence-electron chi connectivity index (χ1n) is 6.58. The van der Waals surface area contributed by atoms with Crippen LogP contribution in [0.4, 0.5) is 18.3 Å². The lowest BCUT2D eigenvalue weighted by Gasteiger charge is -2.05. The Morgan fingerprint density at radius 3 is 2.65 bits per heavy atom. The minimum atomic E-state index is -4.27. The number of anilines is 1. The summed E-state index contributed by atoms with van der Waals surface area (Å²) in [6, 6.07) is 7.09. The molecule has 0 spiro atoms. The summed E-state index contributed by atoms with van der Waals surface area (Å²) in [5, 5.41) is 10.5. The summed E-state index contributed by atoms with van der Waals surface area (Å²) in [4.78, 5) is 0. The average molecular weight is 384 g/mol. The third kappa shape index (κ3) is 7.28. The average Bonchev–Trinajstić information content (AvgIpc) is 2.94. The van der Waals surface area contributed by atoms with E-state index >= 15 is 0 Å². The molecule has 1 N–H and O–H groups in total. The Balaban J connectivity index is 1.63. The summed E-state index contributed by atoms with van der Waals surface area (Å²) in [5.41, 5.74) is 0. The Labute approximate surface area is 144 Å². The number of benzene rings is 1. The molecule has 0 unspecified atom stereocenters. The van der Waals surface area contributed by atoms with Crippen molar-refractivity contribution in [3.8, 4) is 5.75 Å². The summed E-state index contributed by atoms with van der Waals surface area (Å²) in [6.45, 7) is -0.576. The number of aromatic nitrogens is 2. The predicted molar refractivity (Wildman–Crippen MR) is 86.7 cm³/mol. The summed E-state index contributed by atoms with van der Waals surface area (Å²) in [6.07, 6.45) is -3.49. The van der Waals surface area contributed by atoms with Crippen molar-refractivity contribution < 1.29 is 17.9 Å². The van der Waals surface area contributed by atoms with Gasteiger partial charge in [-0.15, -0.1) is 10.2 Å². The molecule has 10 heteroatoms. The third-order valence-corrected chi connectivity index (χ3v) is 4.80. The van der Waals surface area contributed by atoms with E-state index in [9.17, 15) is 13.2 Å². The minimum Gasteiger partial charge on any atom is -0.494 e. The smallest absolute Gasteiger partial charge is 0.405 e. The Bertz CT molecular complexity index is 607. The first kappa shape index (κ1) is 18.2. The summed E-state index contributed by atoms with van der Waals surface area (Å²) in [5.74, 6) is 1.48. The van der Waals surface area contributed by atoms with Crippen molar-refractivity contribution in [2.24, 2.45) is 0 Å². The Morgan fingerprint density at radius 2 is 1.96 bits per heavy atom. The van der Waals surface area contributed by atoms with Crippen LogP contribution < -0.4 is 10.1 Å². The van der Waals surface area contributed by atoms with Gasteiger partial charge < -0.3 is 10.1 Å². The van der Waals surface area contributed by atoms with Gasteiger partial charge in [0.05, 0.1) is 6.61 Å². The normalized spacial score (nSPS) is 11.5. The number of hydrogen-bond donors (Lipinski definition) is 1. The molecule has 0 saturated carbocycles. The standard InChI is InChI=1S/C13H13ClF3N3OS2/c14-9-2-4-10(5-3-9)21-6-1-7-22-12-20-19-11(23-12)18-8-13(15,16)17/h2-5H,1,6-8H2,(H,18,19). The van der Waals surface area contributed by atoms with Crippen LogP contribution in [0.25, 0.3) is 0 Å². The van der Waals surface area contributed by atoms with Crippen molar-refractivity contribution in [1.29, 1.82) is 0 Å². The van der Waals surface area contributed by atoms with Crippen molar-refractivity contribution in [1.82, 2.24) is 10.2 Å². The van der Waals surface area contributed by atoms with Crippen molar-refractivity contribution in [2.45, 2.75) is 16.9 Å². The van der Waals surface area contributed by atoms with E-state index in [0.717, 1.165) is 29.3 Å². The molecule has 0 aliphatic heterocycles. The van der Waals surface area contributed by atoms with Gasteiger partial charge >= 0.3 is 6.18 Å². The van der Waals surface area contributed by atoms with E-state index in [-0.39, 0.29) is 5.13 Å². The molecule has 2 rings (SSSR count). The van der Waals surface area contributed by atoms with Crippen molar-refractivity contribution in [2.75, 3.05) is 24.2 Å². The summed E-state index contributed by atoms with van der Waals surface area (Å²) < 4.78 is 42.4. The van der Waals surface area contributed by atoms with Crippen LogP contribution in [0.5, 0.6) is 5.75 Å². The zero-order valence-corrected chi connectivity index (χ0v) is 14.2. The van der Waals surface area contributed by atoms with Gasteiger partial charge in [-0.05, 0) is 30.7 Å². The lowest BCUT2D eigenvalue weighted by molar-refractivity contribution is -0.115. The highest BCUT2D eigenvalue weighted by atomic mass is 35.5. The van der Waals surface area contributed by atoms with E-state index < -0.39 is 12.7 Å². The van der Waals surface area contributed by atoms with Crippen LogP contribution >= 0.6 is 34.7 Å². The third-order valence-electron chi connectivity index (χ3n) is 2.44. The molecular formula is C13H13ClF3N3OS2. The zero-order valence-electron chi connectivity index (χ0n) is 11.8. The molecule has 0 aliphatic rings. The minimum absolute atomic E-state index is 0.169. The Kier molecular flexibility index (Phi) is 6.79. The van der Waals surface area contributed by atoms with E-state index in [1.165, 1.54) is 11.8 Å². The molecule has 1 aromatic heterocycles. The molecule has 0 bridgehead atoms. The van der Waals surface area contributed by atoms with Gasteiger partial charge in [0, 0.05) is 10.8 Å². The van der Waals surface area contributed by atoms with Crippen LogP contribution in [-0.2, 0) is 0 Å². The van der Waals surface area contributed by atoms with E-state index in [0.29, 0.717) is 16.0 Å². The van der Waals surface area contributed by atoms with Gasteiger partial charge in [-0.25, -0.2) is 0 Å². The first-order chi connectivity index (χ1) is 10.9. The van der Waals surface area contributed by atoms with Gasteiger partial charge in [0.25, 0.3) is 0 Å². The number of halogens is 4. The van der Waals surface area contributed by atoms with Gasteiger partial charge in [-0.1, -0.05) is 34.7 Å². The second-order valence-electron chi connectivity index (χ2n) is 4.35. The second kappa shape index (κ2) is 8.60. The molecule has 1 heterocycles. The molecule has 0 radical (unpaired) electrons. The molecular weight excluding hydrogens is 371 g/mol. The number of nitrogens with zero attached hydrogens (tertiary/aromatic N) is 2. The van der Waals surface area contributed by atoms with Crippen molar-refractivity contribution in [3.63, 3.8) is 0 Å². The highest BCUT2D eigenvalue weighted by Gasteiger charge is 2.27. The van der Waals surface area contributed by atoms with Gasteiger partial charge in [0.1, 0.15) is 12.3 Å². The van der Waals surface area contributed by atoms with Gasteiger partial charge in [0.15, 0.2) is 4.34 Å². The number of rotatable bonds is 8. The number of ether oxygens (including phenoxy) is 1. The molecule has 0 atom stereocenters. The summed E-state index contributed by atoms with van der Waals surface area (Å²) >= 11 is 8.31. The Morgan fingerprint density at radius 1 is 1.22 bits per heavy atom. The van der Waals surface area contributed by atoms with Gasteiger partial charge in [-0.3, -0.25) is 0 Å².